The summed E-state index contributed by atoms with van der Waals surface area (Å²) in [6.45, 7) is 4.26. The number of carbonyl (C=O) groups excluding carboxylic acids is 2. The molecule has 9 nitrogen and oxygen atoms in total. The summed E-state index contributed by atoms with van der Waals surface area (Å²) in [6, 6.07) is 9.46. The number of piperidine rings is 1. The van der Waals surface area contributed by atoms with Crippen LogP contribution in [0.2, 0.25) is 0 Å². The van der Waals surface area contributed by atoms with E-state index in [2.05, 4.69) is 23.2 Å². The summed E-state index contributed by atoms with van der Waals surface area (Å²) in [4.78, 5) is 31.4. The van der Waals surface area contributed by atoms with Gasteiger partial charge in [0.2, 0.25) is 5.91 Å². The molecule has 3 aromatic rings. The number of aromatic nitrogens is 1. The van der Waals surface area contributed by atoms with Crippen LogP contribution < -0.4 is 27.4 Å². The van der Waals surface area contributed by atoms with Crippen LogP contribution in [0.15, 0.2) is 30.3 Å². The highest BCUT2D eigenvalue weighted by Gasteiger charge is 2.24. The summed E-state index contributed by atoms with van der Waals surface area (Å²) >= 11 is 1.26. The molecule has 36 heavy (non-hydrogen) atoms. The Hall–Kier alpha value is -3.21. The maximum Gasteiger partial charge on any atom is 0.260 e. The highest BCUT2D eigenvalue weighted by molar-refractivity contribution is 7.21. The van der Waals surface area contributed by atoms with Gasteiger partial charge in [0.1, 0.15) is 15.5 Å². The topological polar surface area (TPSA) is 161 Å². The number of nitrogens with zero attached hydrogens (tertiary/aromatic N) is 2. The average Bonchev–Trinajstić information content (AvgIpc) is 3.20. The van der Waals surface area contributed by atoms with Gasteiger partial charge in [-0.3, -0.25) is 9.59 Å². The number of thiophene rings is 1. The average molecular weight is 511 g/mol. The van der Waals surface area contributed by atoms with Gasteiger partial charge < -0.3 is 32.5 Å². The van der Waals surface area contributed by atoms with Crippen LogP contribution in [-0.2, 0) is 12.8 Å². The second-order valence-corrected chi connectivity index (χ2v) is 10.4. The smallest absolute Gasteiger partial charge is 0.260 e. The molecule has 1 aromatic carbocycles. The lowest BCUT2D eigenvalue weighted by Crippen LogP contribution is -2.45. The second-order valence-electron chi connectivity index (χ2n) is 9.37. The summed E-state index contributed by atoms with van der Waals surface area (Å²) in [5.74, 6) is -0.0901. The lowest BCUT2D eigenvalue weighted by molar-refractivity contribution is 0.0993. The Morgan fingerprint density at radius 2 is 1.97 bits per heavy atom. The number of nitrogens with one attached hydrogen (secondary N) is 1. The Labute approximate surface area is 214 Å². The number of amides is 2. The normalized spacial score (nSPS) is 15.3. The molecule has 0 saturated carbocycles. The Bertz CT molecular complexity index is 1250. The SMILES string of the molecule is CCCc1cc(N2CCC(NCC(O)Cc3cccc(C(N)=O)c3)CC2)nc2sc(C(N)=O)c(N)c12. The molecule has 8 N–H and O–H groups in total. The van der Waals surface area contributed by atoms with E-state index in [9.17, 15) is 14.7 Å². The lowest BCUT2D eigenvalue weighted by atomic mass is 10.0. The van der Waals surface area contributed by atoms with Gasteiger partial charge in [-0.2, -0.15) is 0 Å². The number of carbonyl (C=O) groups is 2. The largest absolute Gasteiger partial charge is 0.397 e. The quantitative estimate of drug-likeness (QED) is 0.279. The Morgan fingerprint density at radius 1 is 1.22 bits per heavy atom. The van der Waals surface area contributed by atoms with Crippen molar-refractivity contribution >= 4 is 44.9 Å². The standard InChI is InChI=1S/C26H34N6O3S/c1-2-4-16-13-20(31-26-21(16)22(27)23(36-26)25(29)35)32-9-7-18(8-10-32)30-14-19(33)12-15-5-3-6-17(11-15)24(28)34/h3,5-6,11,13,18-19,30,33H,2,4,7-10,12,14,27H2,1H3,(H2,28,34)(H2,29,35). The zero-order valence-electron chi connectivity index (χ0n) is 20.5. The van der Waals surface area contributed by atoms with Crippen LogP contribution in [0.1, 0.15) is 57.3 Å². The number of aryl methyl sites for hydroxylation is 1. The lowest BCUT2D eigenvalue weighted by Gasteiger charge is -2.34. The molecule has 1 atom stereocenters. The number of hydrogen-bond donors (Lipinski definition) is 5. The molecule has 0 radical (unpaired) electrons. The first-order chi connectivity index (χ1) is 17.3. The van der Waals surface area contributed by atoms with Crippen LogP contribution in [0.25, 0.3) is 10.2 Å². The number of nitrogen functional groups attached to an aromatic ring is 1. The zero-order valence-corrected chi connectivity index (χ0v) is 21.3. The van der Waals surface area contributed by atoms with Crippen molar-refractivity contribution < 1.29 is 14.7 Å². The van der Waals surface area contributed by atoms with Crippen molar-refractivity contribution in [2.24, 2.45) is 11.5 Å². The summed E-state index contributed by atoms with van der Waals surface area (Å²) in [5.41, 5.74) is 20.0. The first-order valence-electron chi connectivity index (χ1n) is 12.3. The third-order valence-electron chi connectivity index (χ3n) is 6.65. The summed E-state index contributed by atoms with van der Waals surface area (Å²) < 4.78 is 0. The Kier molecular flexibility index (Phi) is 8.07. The van der Waals surface area contributed by atoms with Crippen molar-refractivity contribution in [2.75, 3.05) is 30.3 Å². The van der Waals surface area contributed by atoms with Gasteiger partial charge in [-0.1, -0.05) is 25.5 Å². The highest BCUT2D eigenvalue weighted by Crippen LogP contribution is 2.37. The minimum Gasteiger partial charge on any atom is -0.397 e. The number of aliphatic hydroxyl groups excluding tert-OH is 1. The number of nitrogens with two attached hydrogens (primary N) is 3. The van der Waals surface area contributed by atoms with E-state index in [1.807, 2.05) is 6.07 Å². The van der Waals surface area contributed by atoms with Crippen molar-refractivity contribution in [3.8, 4) is 0 Å². The molecule has 0 bridgehead atoms. The molecule has 1 aliphatic heterocycles. The number of pyridine rings is 1. The second kappa shape index (κ2) is 11.2. The van der Waals surface area contributed by atoms with E-state index in [0.717, 1.165) is 65.9 Å². The molecule has 1 fully saturated rings. The van der Waals surface area contributed by atoms with Gasteiger partial charge in [0.15, 0.2) is 0 Å². The van der Waals surface area contributed by atoms with Crippen LogP contribution in [0, 0.1) is 0 Å². The fraction of sp³-hybridized carbons (Fsp3) is 0.423. The highest BCUT2D eigenvalue weighted by atomic mass is 32.1. The molecule has 4 rings (SSSR count). The molecule has 0 spiro atoms. The van der Waals surface area contributed by atoms with Crippen molar-refractivity contribution in [2.45, 2.75) is 51.2 Å². The first kappa shape index (κ1) is 25.9. The van der Waals surface area contributed by atoms with Gasteiger partial charge in [0, 0.05) is 36.6 Å². The summed E-state index contributed by atoms with van der Waals surface area (Å²) in [6.07, 6.45) is 3.55. The Morgan fingerprint density at radius 3 is 2.64 bits per heavy atom. The van der Waals surface area contributed by atoms with E-state index in [0.29, 0.717) is 35.1 Å². The molecule has 1 unspecified atom stereocenters. The third-order valence-corrected chi connectivity index (χ3v) is 7.77. The van der Waals surface area contributed by atoms with Crippen molar-refractivity contribution in [3.05, 3.63) is 51.9 Å². The van der Waals surface area contributed by atoms with Crippen molar-refractivity contribution in [1.29, 1.82) is 0 Å². The monoisotopic (exact) mass is 510 g/mol. The van der Waals surface area contributed by atoms with Crippen molar-refractivity contribution in [3.63, 3.8) is 0 Å². The van der Waals surface area contributed by atoms with Gasteiger partial charge >= 0.3 is 0 Å². The number of rotatable bonds is 10. The molecule has 192 valence electrons. The van der Waals surface area contributed by atoms with Crippen LogP contribution in [0.3, 0.4) is 0 Å². The fourth-order valence-corrected chi connectivity index (χ4v) is 5.80. The Balaban J connectivity index is 1.36. The van der Waals surface area contributed by atoms with Gasteiger partial charge in [0.05, 0.1) is 11.8 Å². The van der Waals surface area contributed by atoms with E-state index in [1.165, 1.54) is 11.3 Å². The zero-order chi connectivity index (χ0) is 25.8. The molecule has 1 saturated heterocycles. The van der Waals surface area contributed by atoms with Crippen molar-refractivity contribution in [1.82, 2.24) is 10.3 Å². The summed E-state index contributed by atoms with van der Waals surface area (Å²) in [5, 5.41) is 14.8. The number of benzene rings is 1. The third kappa shape index (κ3) is 5.77. The molecular formula is C26H34N6O3S. The van der Waals surface area contributed by atoms with Crippen LogP contribution in [-0.4, -0.2) is 53.7 Å². The minimum atomic E-state index is -0.560. The molecule has 1 aliphatic rings. The first-order valence-corrected chi connectivity index (χ1v) is 13.1. The van der Waals surface area contributed by atoms with Crippen LogP contribution in [0.4, 0.5) is 11.5 Å². The van der Waals surface area contributed by atoms with Gasteiger partial charge in [-0.15, -0.1) is 11.3 Å². The molecular weight excluding hydrogens is 476 g/mol. The number of fused-ring (bicyclic) bond motifs is 1. The van der Waals surface area contributed by atoms with E-state index in [4.69, 9.17) is 22.2 Å². The number of hydrogen-bond acceptors (Lipinski definition) is 8. The molecule has 2 aromatic heterocycles. The van der Waals surface area contributed by atoms with Gasteiger partial charge in [-0.25, -0.2) is 4.98 Å². The minimum absolute atomic E-state index is 0.297. The predicted octanol–water partition coefficient (Wildman–Crippen LogP) is 2.19. The molecule has 10 heteroatoms. The maximum absolute atomic E-state index is 11.8. The van der Waals surface area contributed by atoms with E-state index in [-0.39, 0.29) is 0 Å². The maximum atomic E-state index is 11.8. The predicted molar refractivity (Wildman–Crippen MR) is 144 cm³/mol. The number of anilines is 2. The van der Waals surface area contributed by atoms with E-state index in [1.54, 1.807) is 18.2 Å². The number of aliphatic hydroxyl groups is 1. The molecule has 0 aliphatic carbocycles. The van der Waals surface area contributed by atoms with Crippen LogP contribution in [0.5, 0.6) is 0 Å². The van der Waals surface area contributed by atoms with Gasteiger partial charge in [0.25, 0.3) is 5.91 Å². The van der Waals surface area contributed by atoms with E-state index < -0.39 is 17.9 Å². The van der Waals surface area contributed by atoms with Gasteiger partial charge in [-0.05, 0) is 55.0 Å². The van der Waals surface area contributed by atoms with Crippen LogP contribution >= 0.6 is 11.3 Å². The molecule has 2 amide bonds. The van der Waals surface area contributed by atoms with E-state index >= 15 is 0 Å². The molecule has 3 heterocycles. The number of primary amides is 2. The summed E-state index contributed by atoms with van der Waals surface area (Å²) in [7, 11) is 0. The fourth-order valence-electron chi connectivity index (χ4n) is 4.81.